The van der Waals surface area contributed by atoms with Crippen molar-refractivity contribution in [2.24, 2.45) is 0 Å². The van der Waals surface area contributed by atoms with Crippen molar-refractivity contribution < 1.29 is 9.18 Å². The van der Waals surface area contributed by atoms with E-state index in [4.69, 9.17) is 11.6 Å². The minimum atomic E-state index is -0.626. The molecule has 0 saturated carbocycles. The molecule has 1 amide bonds. The maximum Gasteiger partial charge on any atom is 0.255 e. The molecule has 1 aromatic heterocycles. The van der Waals surface area contributed by atoms with Crippen LogP contribution in [0.5, 0.6) is 0 Å². The van der Waals surface area contributed by atoms with Gasteiger partial charge in [-0.3, -0.25) is 4.79 Å². The number of benzene rings is 2. The number of nitrogens with zero attached hydrogens (tertiary/aromatic N) is 2. The zero-order valence-corrected chi connectivity index (χ0v) is 14.8. The molecule has 25 heavy (non-hydrogen) atoms. The van der Waals surface area contributed by atoms with Crippen LogP contribution < -0.4 is 5.32 Å². The van der Waals surface area contributed by atoms with Crippen LogP contribution in [0.15, 0.2) is 42.5 Å². The molecule has 0 aliphatic heterocycles. The number of para-hydroxylation sites is 2. The molecule has 3 rings (SSSR count). The third-order valence-corrected chi connectivity index (χ3v) is 4.32. The monoisotopic (exact) mass is 359 g/mol. The number of rotatable bonds is 5. The Balaban J connectivity index is 1.75. The fourth-order valence-electron chi connectivity index (χ4n) is 2.94. The van der Waals surface area contributed by atoms with Gasteiger partial charge < -0.3 is 9.88 Å². The summed E-state index contributed by atoms with van der Waals surface area (Å²) in [6.45, 7) is 4.53. The smallest absolute Gasteiger partial charge is 0.255 e. The predicted octanol–water partition coefficient (Wildman–Crippen LogP) is 4.38. The van der Waals surface area contributed by atoms with E-state index in [2.05, 4.69) is 28.7 Å². The minimum Gasteiger partial charge on any atom is -0.351 e. The number of halogens is 2. The number of carbonyl (C=O) groups excluding carboxylic acids is 1. The second-order valence-corrected chi connectivity index (χ2v) is 6.49. The SMILES string of the molecule is CC(C)n1c(CCNC(=O)c2c(F)cccc2Cl)nc2ccccc21. The highest BCUT2D eigenvalue weighted by Crippen LogP contribution is 2.21. The van der Waals surface area contributed by atoms with Gasteiger partial charge in [0.2, 0.25) is 0 Å². The van der Waals surface area contributed by atoms with Crippen molar-refractivity contribution >= 4 is 28.5 Å². The summed E-state index contributed by atoms with van der Waals surface area (Å²) in [6.07, 6.45) is 0.546. The van der Waals surface area contributed by atoms with Gasteiger partial charge >= 0.3 is 0 Å². The fraction of sp³-hybridized carbons (Fsp3) is 0.263. The van der Waals surface area contributed by atoms with Gasteiger partial charge in [-0.2, -0.15) is 0 Å². The molecule has 0 saturated heterocycles. The van der Waals surface area contributed by atoms with Crippen LogP contribution in [0, 0.1) is 5.82 Å². The number of imidazole rings is 1. The molecule has 0 aliphatic carbocycles. The molecule has 0 unspecified atom stereocenters. The van der Waals surface area contributed by atoms with Crippen LogP contribution in [-0.4, -0.2) is 22.0 Å². The molecule has 6 heteroatoms. The molecule has 0 aliphatic rings. The Morgan fingerprint density at radius 2 is 2.00 bits per heavy atom. The first-order valence-electron chi connectivity index (χ1n) is 8.17. The molecule has 0 spiro atoms. The van der Waals surface area contributed by atoms with Gasteiger partial charge in [0.25, 0.3) is 5.91 Å². The third kappa shape index (κ3) is 3.51. The Hall–Kier alpha value is -2.40. The highest BCUT2D eigenvalue weighted by molar-refractivity contribution is 6.33. The van der Waals surface area contributed by atoms with E-state index < -0.39 is 11.7 Å². The highest BCUT2D eigenvalue weighted by Gasteiger charge is 2.16. The normalized spacial score (nSPS) is 11.2. The predicted molar refractivity (Wildman–Crippen MR) is 97.6 cm³/mol. The standard InChI is InChI=1S/C19H19ClFN3O/c1-12(2)24-16-9-4-3-8-15(16)23-17(24)10-11-22-19(25)18-13(20)6-5-7-14(18)21/h3-9,12H,10-11H2,1-2H3,(H,22,25). The molecule has 0 fully saturated rings. The zero-order chi connectivity index (χ0) is 18.0. The number of fused-ring (bicyclic) bond motifs is 1. The summed E-state index contributed by atoms with van der Waals surface area (Å²) < 4.78 is 15.9. The van der Waals surface area contributed by atoms with Gasteiger partial charge in [0, 0.05) is 19.0 Å². The number of nitrogens with one attached hydrogen (secondary N) is 1. The number of amides is 1. The molecule has 0 atom stereocenters. The van der Waals surface area contributed by atoms with E-state index in [-0.39, 0.29) is 16.6 Å². The Labute approximate surface area is 150 Å². The lowest BCUT2D eigenvalue weighted by atomic mass is 10.2. The van der Waals surface area contributed by atoms with E-state index in [1.807, 2.05) is 24.3 Å². The summed E-state index contributed by atoms with van der Waals surface area (Å²) in [5.41, 5.74) is 1.87. The molecule has 0 bridgehead atoms. The van der Waals surface area contributed by atoms with Crippen molar-refractivity contribution in [2.45, 2.75) is 26.3 Å². The van der Waals surface area contributed by atoms with E-state index >= 15 is 0 Å². The van der Waals surface area contributed by atoms with Gasteiger partial charge in [0.1, 0.15) is 11.6 Å². The summed E-state index contributed by atoms with van der Waals surface area (Å²) in [7, 11) is 0. The lowest BCUT2D eigenvalue weighted by Crippen LogP contribution is -2.27. The first kappa shape index (κ1) is 17.4. The number of aromatic nitrogens is 2. The quantitative estimate of drug-likeness (QED) is 0.734. The van der Waals surface area contributed by atoms with Crippen LogP contribution >= 0.6 is 11.6 Å². The Kier molecular flexibility index (Phi) is 5.04. The van der Waals surface area contributed by atoms with Crippen molar-refractivity contribution in [1.82, 2.24) is 14.9 Å². The number of hydrogen-bond donors (Lipinski definition) is 1. The van der Waals surface area contributed by atoms with Crippen molar-refractivity contribution in [3.8, 4) is 0 Å². The van der Waals surface area contributed by atoms with Crippen LogP contribution in [0.1, 0.15) is 36.1 Å². The largest absolute Gasteiger partial charge is 0.351 e. The van der Waals surface area contributed by atoms with E-state index in [1.54, 1.807) is 0 Å². The van der Waals surface area contributed by atoms with E-state index in [1.165, 1.54) is 18.2 Å². The zero-order valence-electron chi connectivity index (χ0n) is 14.1. The van der Waals surface area contributed by atoms with Crippen LogP contribution in [-0.2, 0) is 6.42 Å². The van der Waals surface area contributed by atoms with E-state index in [9.17, 15) is 9.18 Å². The van der Waals surface area contributed by atoms with Crippen LogP contribution in [0.4, 0.5) is 4.39 Å². The van der Waals surface area contributed by atoms with E-state index in [0.717, 1.165) is 16.9 Å². The maximum atomic E-state index is 13.8. The highest BCUT2D eigenvalue weighted by atomic mass is 35.5. The van der Waals surface area contributed by atoms with Crippen LogP contribution in [0.3, 0.4) is 0 Å². The lowest BCUT2D eigenvalue weighted by molar-refractivity contribution is 0.0950. The first-order valence-corrected chi connectivity index (χ1v) is 8.55. The Morgan fingerprint density at radius 1 is 1.24 bits per heavy atom. The van der Waals surface area contributed by atoms with Crippen molar-refractivity contribution in [3.05, 3.63) is 64.7 Å². The molecular weight excluding hydrogens is 341 g/mol. The maximum absolute atomic E-state index is 13.8. The van der Waals surface area contributed by atoms with Crippen LogP contribution in [0.2, 0.25) is 5.02 Å². The van der Waals surface area contributed by atoms with Crippen molar-refractivity contribution in [3.63, 3.8) is 0 Å². The summed E-state index contributed by atoms with van der Waals surface area (Å²) in [6, 6.07) is 12.4. The second kappa shape index (κ2) is 7.23. The average Bonchev–Trinajstić information content (AvgIpc) is 2.93. The van der Waals surface area contributed by atoms with Crippen molar-refractivity contribution in [1.29, 1.82) is 0 Å². The van der Waals surface area contributed by atoms with Gasteiger partial charge in [0.15, 0.2) is 0 Å². The molecule has 2 aromatic carbocycles. The molecule has 1 N–H and O–H groups in total. The molecular formula is C19H19ClFN3O. The third-order valence-electron chi connectivity index (χ3n) is 4.01. The number of carbonyl (C=O) groups is 1. The molecule has 0 radical (unpaired) electrons. The van der Waals surface area contributed by atoms with Crippen LogP contribution in [0.25, 0.3) is 11.0 Å². The Morgan fingerprint density at radius 3 is 2.72 bits per heavy atom. The van der Waals surface area contributed by atoms with E-state index in [0.29, 0.717) is 13.0 Å². The minimum absolute atomic E-state index is 0.104. The summed E-state index contributed by atoms with van der Waals surface area (Å²) in [5.74, 6) is -0.258. The van der Waals surface area contributed by atoms with Gasteiger partial charge in [-0.15, -0.1) is 0 Å². The lowest BCUT2D eigenvalue weighted by Gasteiger charge is -2.13. The number of hydrogen-bond acceptors (Lipinski definition) is 2. The van der Waals surface area contributed by atoms with Crippen molar-refractivity contribution in [2.75, 3.05) is 6.54 Å². The second-order valence-electron chi connectivity index (χ2n) is 6.08. The van der Waals surface area contributed by atoms with Gasteiger partial charge in [0.05, 0.1) is 21.6 Å². The summed E-state index contributed by atoms with van der Waals surface area (Å²) >= 11 is 5.92. The van der Waals surface area contributed by atoms with Gasteiger partial charge in [-0.05, 0) is 38.1 Å². The molecule has 130 valence electrons. The fourth-order valence-corrected chi connectivity index (χ4v) is 3.19. The summed E-state index contributed by atoms with van der Waals surface area (Å²) in [4.78, 5) is 16.9. The summed E-state index contributed by atoms with van der Waals surface area (Å²) in [5, 5.41) is 2.83. The Bertz CT molecular complexity index is 900. The topological polar surface area (TPSA) is 46.9 Å². The average molecular weight is 360 g/mol. The van der Waals surface area contributed by atoms with Gasteiger partial charge in [-0.1, -0.05) is 29.8 Å². The first-order chi connectivity index (χ1) is 12.0. The molecule has 3 aromatic rings. The molecule has 1 heterocycles. The molecule has 4 nitrogen and oxygen atoms in total. The van der Waals surface area contributed by atoms with Gasteiger partial charge in [-0.25, -0.2) is 9.37 Å².